The number of ether oxygens (including phenoxy) is 2. The Morgan fingerprint density at radius 1 is 1.33 bits per heavy atom. The molecule has 1 atom stereocenters. The summed E-state index contributed by atoms with van der Waals surface area (Å²) in [6.07, 6.45) is 1.12. The topological polar surface area (TPSA) is 33.7 Å². The van der Waals surface area contributed by atoms with Crippen molar-refractivity contribution in [3.05, 3.63) is 23.8 Å². The molecule has 1 fully saturated rings. The zero-order valence-electron chi connectivity index (χ0n) is 10.8. The molecule has 2 aliphatic rings. The summed E-state index contributed by atoms with van der Waals surface area (Å²) in [5.41, 5.74) is 2.47. The van der Waals surface area contributed by atoms with Gasteiger partial charge in [-0.3, -0.25) is 0 Å². The SMILES string of the molecule is CO[C@@H]1CCOc2ccc(N3CCNCC3)cc21. The van der Waals surface area contributed by atoms with E-state index in [0.29, 0.717) is 0 Å². The Hall–Kier alpha value is -1.26. The minimum Gasteiger partial charge on any atom is -0.493 e. The number of nitrogens with zero attached hydrogens (tertiary/aromatic N) is 1. The minimum atomic E-state index is 0.177. The monoisotopic (exact) mass is 248 g/mol. The lowest BCUT2D eigenvalue weighted by molar-refractivity contribution is 0.0637. The van der Waals surface area contributed by atoms with Crippen LogP contribution in [0.1, 0.15) is 18.1 Å². The van der Waals surface area contributed by atoms with Crippen LogP contribution in [0, 0.1) is 0 Å². The van der Waals surface area contributed by atoms with Gasteiger partial charge >= 0.3 is 0 Å². The van der Waals surface area contributed by atoms with Crippen LogP contribution in [0.2, 0.25) is 0 Å². The van der Waals surface area contributed by atoms with Crippen LogP contribution in [0.5, 0.6) is 5.75 Å². The summed E-state index contributed by atoms with van der Waals surface area (Å²) in [5.74, 6) is 0.979. The van der Waals surface area contributed by atoms with Gasteiger partial charge in [0.15, 0.2) is 0 Å². The number of hydrogen-bond donors (Lipinski definition) is 1. The number of benzene rings is 1. The maximum absolute atomic E-state index is 5.69. The average Bonchev–Trinajstić information content (AvgIpc) is 2.47. The number of piperazine rings is 1. The molecule has 1 aromatic rings. The second kappa shape index (κ2) is 5.16. The van der Waals surface area contributed by atoms with Crippen molar-refractivity contribution >= 4 is 5.69 Å². The van der Waals surface area contributed by atoms with E-state index in [4.69, 9.17) is 9.47 Å². The van der Waals surface area contributed by atoms with Gasteiger partial charge in [0.2, 0.25) is 0 Å². The Morgan fingerprint density at radius 3 is 2.94 bits per heavy atom. The standard InChI is InChI=1S/C14H20N2O2/c1-17-13-4-9-18-14-3-2-11(10-12(13)14)16-7-5-15-6-8-16/h2-3,10,13,15H,4-9H2,1H3/t13-/m1/s1. The molecule has 0 aromatic heterocycles. The molecule has 3 rings (SSSR count). The highest BCUT2D eigenvalue weighted by Gasteiger charge is 2.22. The van der Waals surface area contributed by atoms with Crippen molar-refractivity contribution in [1.29, 1.82) is 0 Å². The second-order valence-electron chi connectivity index (χ2n) is 4.82. The molecule has 18 heavy (non-hydrogen) atoms. The number of rotatable bonds is 2. The molecule has 1 saturated heterocycles. The van der Waals surface area contributed by atoms with Crippen LogP contribution in [-0.4, -0.2) is 39.9 Å². The molecule has 0 bridgehead atoms. The minimum absolute atomic E-state index is 0.177. The number of anilines is 1. The fourth-order valence-electron chi connectivity index (χ4n) is 2.71. The Morgan fingerprint density at radius 2 is 2.17 bits per heavy atom. The maximum atomic E-state index is 5.69. The summed E-state index contributed by atoms with van der Waals surface area (Å²) in [5, 5.41) is 3.38. The van der Waals surface area contributed by atoms with Crippen LogP contribution in [0.15, 0.2) is 18.2 Å². The molecule has 0 aliphatic carbocycles. The van der Waals surface area contributed by atoms with Gasteiger partial charge in [0, 0.05) is 51.0 Å². The first-order valence-corrected chi connectivity index (χ1v) is 6.63. The van der Waals surface area contributed by atoms with Crippen LogP contribution in [0.3, 0.4) is 0 Å². The van der Waals surface area contributed by atoms with Gasteiger partial charge in [0.05, 0.1) is 12.7 Å². The summed E-state index contributed by atoms with van der Waals surface area (Å²) in [6.45, 7) is 5.00. The van der Waals surface area contributed by atoms with Crippen molar-refractivity contribution in [2.75, 3.05) is 44.8 Å². The van der Waals surface area contributed by atoms with Crippen molar-refractivity contribution in [2.24, 2.45) is 0 Å². The van der Waals surface area contributed by atoms with Crippen LogP contribution in [0.4, 0.5) is 5.69 Å². The fraction of sp³-hybridized carbons (Fsp3) is 0.571. The second-order valence-corrected chi connectivity index (χ2v) is 4.82. The quantitative estimate of drug-likeness (QED) is 0.861. The number of fused-ring (bicyclic) bond motifs is 1. The Balaban J connectivity index is 1.88. The highest BCUT2D eigenvalue weighted by Crippen LogP contribution is 2.36. The smallest absolute Gasteiger partial charge is 0.125 e. The summed E-state index contributed by atoms with van der Waals surface area (Å²) in [7, 11) is 1.78. The highest BCUT2D eigenvalue weighted by molar-refractivity contribution is 5.54. The molecule has 1 aromatic carbocycles. The van der Waals surface area contributed by atoms with E-state index in [1.54, 1.807) is 7.11 Å². The van der Waals surface area contributed by atoms with Gasteiger partial charge in [-0.05, 0) is 18.2 Å². The van der Waals surface area contributed by atoms with Crippen molar-refractivity contribution < 1.29 is 9.47 Å². The van der Waals surface area contributed by atoms with Gasteiger partial charge in [-0.1, -0.05) is 0 Å². The number of methoxy groups -OCH3 is 1. The van der Waals surface area contributed by atoms with Crippen LogP contribution in [0.25, 0.3) is 0 Å². The van der Waals surface area contributed by atoms with Crippen LogP contribution < -0.4 is 15.0 Å². The van der Waals surface area contributed by atoms with Gasteiger partial charge in [-0.25, -0.2) is 0 Å². The first kappa shape index (κ1) is 11.8. The van der Waals surface area contributed by atoms with E-state index < -0.39 is 0 Å². The van der Waals surface area contributed by atoms with Crippen molar-refractivity contribution in [1.82, 2.24) is 5.32 Å². The van der Waals surface area contributed by atoms with E-state index in [-0.39, 0.29) is 6.10 Å². The number of nitrogens with one attached hydrogen (secondary N) is 1. The molecule has 98 valence electrons. The first-order chi connectivity index (χ1) is 8.88. The molecule has 0 spiro atoms. The molecular formula is C14H20N2O2. The largest absolute Gasteiger partial charge is 0.493 e. The van der Waals surface area contributed by atoms with Gasteiger partial charge in [-0.15, -0.1) is 0 Å². The zero-order chi connectivity index (χ0) is 12.4. The highest BCUT2D eigenvalue weighted by atomic mass is 16.5. The molecular weight excluding hydrogens is 228 g/mol. The van der Waals surface area contributed by atoms with E-state index in [1.807, 2.05) is 0 Å². The van der Waals surface area contributed by atoms with Gasteiger partial charge < -0.3 is 19.7 Å². The van der Waals surface area contributed by atoms with Crippen molar-refractivity contribution in [3.63, 3.8) is 0 Å². The normalized spacial score (nSPS) is 23.4. The Labute approximate surface area is 108 Å². The van der Waals surface area contributed by atoms with E-state index in [0.717, 1.165) is 45.0 Å². The molecule has 4 heteroatoms. The molecule has 0 saturated carbocycles. The Bertz CT molecular complexity index is 416. The van der Waals surface area contributed by atoms with E-state index in [1.165, 1.54) is 11.3 Å². The summed E-state index contributed by atoms with van der Waals surface area (Å²) < 4.78 is 11.2. The summed E-state index contributed by atoms with van der Waals surface area (Å²) in [4.78, 5) is 2.41. The summed E-state index contributed by atoms with van der Waals surface area (Å²) in [6, 6.07) is 6.47. The third-order valence-electron chi connectivity index (χ3n) is 3.74. The van der Waals surface area contributed by atoms with Gasteiger partial charge in [0.1, 0.15) is 5.75 Å². The van der Waals surface area contributed by atoms with E-state index in [2.05, 4.69) is 28.4 Å². The lowest BCUT2D eigenvalue weighted by atomic mass is 10.0. The average molecular weight is 248 g/mol. The third kappa shape index (κ3) is 2.18. The van der Waals surface area contributed by atoms with Crippen molar-refractivity contribution in [2.45, 2.75) is 12.5 Å². The molecule has 0 radical (unpaired) electrons. The number of hydrogen-bond acceptors (Lipinski definition) is 4. The maximum Gasteiger partial charge on any atom is 0.125 e. The van der Waals surface area contributed by atoms with Gasteiger partial charge in [-0.2, -0.15) is 0 Å². The predicted octanol–water partition coefficient (Wildman–Crippen LogP) is 1.57. The summed E-state index contributed by atoms with van der Waals surface area (Å²) >= 11 is 0. The first-order valence-electron chi connectivity index (χ1n) is 6.63. The van der Waals surface area contributed by atoms with Crippen LogP contribution >= 0.6 is 0 Å². The van der Waals surface area contributed by atoms with Crippen molar-refractivity contribution in [3.8, 4) is 5.75 Å². The third-order valence-corrected chi connectivity index (χ3v) is 3.74. The van der Waals surface area contributed by atoms with Gasteiger partial charge in [0.25, 0.3) is 0 Å². The fourth-order valence-corrected chi connectivity index (χ4v) is 2.71. The molecule has 2 heterocycles. The van der Waals surface area contributed by atoms with E-state index in [9.17, 15) is 0 Å². The lowest BCUT2D eigenvalue weighted by Crippen LogP contribution is -2.43. The molecule has 0 unspecified atom stereocenters. The zero-order valence-corrected chi connectivity index (χ0v) is 10.8. The lowest BCUT2D eigenvalue weighted by Gasteiger charge is -2.31. The molecule has 2 aliphatic heterocycles. The Kier molecular flexibility index (Phi) is 3.39. The van der Waals surface area contributed by atoms with E-state index >= 15 is 0 Å². The molecule has 1 N–H and O–H groups in total. The molecule has 4 nitrogen and oxygen atoms in total. The van der Waals surface area contributed by atoms with Crippen LogP contribution in [-0.2, 0) is 4.74 Å². The predicted molar refractivity (Wildman–Crippen MR) is 71.4 cm³/mol. The molecule has 0 amide bonds.